The zero-order valence-corrected chi connectivity index (χ0v) is 13.6. The number of rotatable bonds is 4. The molecule has 112 valence electrons. The average molecular weight is 376 g/mol. The van der Waals surface area contributed by atoms with Gasteiger partial charge in [-0.2, -0.15) is 13.2 Å². The van der Waals surface area contributed by atoms with Crippen LogP contribution in [0.2, 0.25) is 0 Å². The lowest BCUT2D eigenvalue weighted by molar-refractivity contribution is -0.138. The molecule has 0 spiro atoms. The van der Waals surface area contributed by atoms with E-state index in [1.54, 1.807) is 13.1 Å². The van der Waals surface area contributed by atoms with Crippen molar-refractivity contribution in [2.75, 3.05) is 7.05 Å². The van der Waals surface area contributed by atoms with E-state index in [0.717, 1.165) is 9.37 Å². The van der Waals surface area contributed by atoms with Crippen molar-refractivity contribution >= 4 is 27.7 Å². The van der Waals surface area contributed by atoms with E-state index in [4.69, 9.17) is 0 Å². The standard InChI is InChI=1S/C15H13BrF3NS/c1-20-9-10-6-7-11(8-12(10)15(17,18)19)21-14-5-3-2-4-13(14)16/h2-8,20H,9H2,1H3. The Hall–Kier alpha value is -0.980. The lowest BCUT2D eigenvalue weighted by Crippen LogP contribution is -2.14. The highest BCUT2D eigenvalue weighted by atomic mass is 79.9. The Balaban J connectivity index is 2.36. The molecule has 2 aromatic rings. The molecular formula is C15H13BrF3NS. The minimum atomic E-state index is -4.35. The van der Waals surface area contributed by atoms with E-state index in [-0.39, 0.29) is 12.1 Å². The fourth-order valence-corrected chi connectivity index (χ4v) is 3.29. The van der Waals surface area contributed by atoms with E-state index < -0.39 is 11.7 Å². The highest BCUT2D eigenvalue weighted by Crippen LogP contribution is 2.38. The molecule has 0 aliphatic rings. The van der Waals surface area contributed by atoms with E-state index in [0.29, 0.717) is 4.90 Å². The van der Waals surface area contributed by atoms with Gasteiger partial charge in [-0.3, -0.25) is 0 Å². The molecule has 2 aromatic carbocycles. The average Bonchev–Trinajstić information content (AvgIpc) is 2.42. The molecule has 0 aromatic heterocycles. The molecule has 0 bridgehead atoms. The van der Waals surface area contributed by atoms with Crippen molar-refractivity contribution in [1.82, 2.24) is 5.32 Å². The third kappa shape index (κ3) is 4.25. The van der Waals surface area contributed by atoms with Crippen LogP contribution in [0.1, 0.15) is 11.1 Å². The number of hydrogen-bond donors (Lipinski definition) is 1. The van der Waals surface area contributed by atoms with Crippen LogP contribution in [0.3, 0.4) is 0 Å². The van der Waals surface area contributed by atoms with Crippen LogP contribution in [0, 0.1) is 0 Å². The second kappa shape index (κ2) is 6.85. The van der Waals surface area contributed by atoms with Crippen LogP contribution in [0.25, 0.3) is 0 Å². The topological polar surface area (TPSA) is 12.0 Å². The molecular weight excluding hydrogens is 363 g/mol. The molecule has 21 heavy (non-hydrogen) atoms. The summed E-state index contributed by atoms with van der Waals surface area (Å²) in [5.41, 5.74) is -0.338. The summed E-state index contributed by atoms with van der Waals surface area (Å²) in [5.74, 6) is 0. The molecule has 2 rings (SSSR count). The van der Waals surface area contributed by atoms with Gasteiger partial charge in [-0.05, 0) is 52.8 Å². The number of benzene rings is 2. The van der Waals surface area contributed by atoms with Crippen LogP contribution < -0.4 is 5.32 Å². The molecule has 0 atom stereocenters. The first-order valence-corrected chi connectivity index (χ1v) is 7.80. The number of halogens is 4. The summed E-state index contributed by atoms with van der Waals surface area (Å²) < 4.78 is 40.2. The Morgan fingerprint density at radius 1 is 1.14 bits per heavy atom. The van der Waals surface area contributed by atoms with Crippen LogP contribution in [0.15, 0.2) is 56.7 Å². The van der Waals surface area contributed by atoms with Gasteiger partial charge < -0.3 is 5.32 Å². The summed E-state index contributed by atoms with van der Waals surface area (Å²) in [6, 6.07) is 11.9. The van der Waals surface area contributed by atoms with Crippen molar-refractivity contribution in [3.05, 3.63) is 58.1 Å². The van der Waals surface area contributed by atoms with Gasteiger partial charge in [0, 0.05) is 20.8 Å². The Kier molecular flexibility index (Phi) is 5.35. The molecule has 1 nitrogen and oxygen atoms in total. The van der Waals surface area contributed by atoms with Gasteiger partial charge in [0.1, 0.15) is 0 Å². The first-order valence-electron chi connectivity index (χ1n) is 6.19. The van der Waals surface area contributed by atoms with E-state index in [1.165, 1.54) is 23.9 Å². The molecule has 0 radical (unpaired) electrons. The fraction of sp³-hybridized carbons (Fsp3) is 0.200. The Labute approximate surface area is 134 Å². The van der Waals surface area contributed by atoms with Crippen molar-refractivity contribution in [2.45, 2.75) is 22.5 Å². The van der Waals surface area contributed by atoms with Gasteiger partial charge in [0.05, 0.1) is 5.56 Å². The largest absolute Gasteiger partial charge is 0.416 e. The monoisotopic (exact) mass is 375 g/mol. The van der Waals surface area contributed by atoms with Crippen molar-refractivity contribution < 1.29 is 13.2 Å². The Morgan fingerprint density at radius 3 is 2.48 bits per heavy atom. The summed E-state index contributed by atoms with van der Waals surface area (Å²) in [6.45, 7) is 0.189. The first kappa shape index (κ1) is 16.4. The van der Waals surface area contributed by atoms with Crippen LogP contribution in [0.5, 0.6) is 0 Å². The SMILES string of the molecule is CNCc1ccc(Sc2ccccc2Br)cc1C(F)(F)F. The van der Waals surface area contributed by atoms with Gasteiger partial charge in [-0.25, -0.2) is 0 Å². The predicted octanol–water partition coefficient (Wildman–Crippen LogP) is 5.34. The van der Waals surface area contributed by atoms with Crippen LogP contribution >= 0.6 is 27.7 Å². The summed E-state index contributed by atoms with van der Waals surface area (Å²) in [6.07, 6.45) is -4.35. The van der Waals surface area contributed by atoms with Crippen LogP contribution in [-0.2, 0) is 12.7 Å². The number of nitrogens with one attached hydrogen (secondary N) is 1. The molecule has 0 amide bonds. The van der Waals surface area contributed by atoms with Crippen molar-refractivity contribution in [2.24, 2.45) is 0 Å². The second-order valence-electron chi connectivity index (χ2n) is 4.38. The van der Waals surface area contributed by atoms with Crippen molar-refractivity contribution in [3.8, 4) is 0 Å². The zero-order chi connectivity index (χ0) is 15.5. The van der Waals surface area contributed by atoms with E-state index in [1.807, 2.05) is 24.3 Å². The molecule has 0 saturated carbocycles. The van der Waals surface area contributed by atoms with Gasteiger partial charge in [0.25, 0.3) is 0 Å². The lowest BCUT2D eigenvalue weighted by Gasteiger charge is -2.14. The van der Waals surface area contributed by atoms with Gasteiger partial charge in [0.2, 0.25) is 0 Å². The van der Waals surface area contributed by atoms with Crippen LogP contribution in [0.4, 0.5) is 13.2 Å². The van der Waals surface area contributed by atoms with Crippen molar-refractivity contribution in [1.29, 1.82) is 0 Å². The highest BCUT2D eigenvalue weighted by molar-refractivity contribution is 9.10. The van der Waals surface area contributed by atoms with Crippen molar-refractivity contribution in [3.63, 3.8) is 0 Å². The van der Waals surface area contributed by atoms with Crippen LogP contribution in [-0.4, -0.2) is 7.05 Å². The third-order valence-corrected chi connectivity index (χ3v) is 4.84. The van der Waals surface area contributed by atoms with Gasteiger partial charge in [-0.1, -0.05) is 30.0 Å². The first-order chi connectivity index (χ1) is 9.91. The molecule has 0 unspecified atom stereocenters. The molecule has 0 saturated heterocycles. The number of hydrogen-bond acceptors (Lipinski definition) is 2. The summed E-state index contributed by atoms with van der Waals surface area (Å²) in [5, 5.41) is 2.76. The normalized spacial score (nSPS) is 11.7. The lowest BCUT2D eigenvalue weighted by atomic mass is 10.1. The number of alkyl halides is 3. The second-order valence-corrected chi connectivity index (χ2v) is 6.35. The smallest absolute Gasteiger partial charge is 0.316 e. The van der Waals surface area contributed by atoms with E-state index in [2.05, 4.69) is 21.2 Å². The zero-order valence-electron chi connectivity index (χ0n) is 11.2. The molecule has 0 heterocycles. The van der Waals surface area contributed by atoms with E-state index >= 15 is 0 Å². The fourth-order valence-electron chi connectivity index (χ4n) is 1.88. The quantitative estimate of drug-likeness (QED) is 0.773. The van der Waals surface area contributed by atoms with Gasteiger partial charge >= 0.3 is 6.18 Å². The van der Waals surface area contributed by atoms with E-state index in [9.17, 15) is 13.2 Å². The molecule has 1 N–H and O–H groups in total. The molecule has 0 fully saturated rings. The Morgan fingerprint density at radius 2 is 1.86 bits per heavy atom. The van der Waals surface area contributed by atoms with Gasteiger partial charge in [0.15, 0.2) is 0 Å². The maximum absolute atomic E-state index is 13.1. The Bertz CT molecular complexity index is 629. The maximum atomic E-state index is 13.1. The predicted molar refractivity (Wildman–Crippen MR) is 82.5 cm³/mol. The molecule has 0 aliphatic carbocycles. The molecule has 6 heteroatoms. The summed E-state index contributed by atoms with van der Waals surface area (Å²) >= 11 is 4.70. The maximum Gasteiger partial charge on any atom is 0.416 e. The highest BCUT2D eigenvalue weighted by Gasteiger charge is 2.33. The molecule has 0 aliphatic heterocycles. The summed E-state index contributed by atoms with van der Waals surface area (Å²) in [7, 11) is 1.63. The minimum absolute atomic E-state index is 0.189. The summed E-state index contributed by atoms with van der Waals surface area (Å²) in [4.78, 5) is 1.45. The van der Waals surface area contributed by atoms with Gasteiger partial charge in [-0.15, -0.1) is 0 Å². The minimum Gasteiger partial charge on any atom is -0.316 e. The third-order valence-electron chi connectivity index (χ3n) is 2.82.